The number of ether oxygens (including phenoxy) is 1. The highest BCUT2D eigenvalue weighted by Gasteiger charge is 2.20. The Bertz CT molecular complexity index is 428. The summed E-state index contributed by atoms with van der Waals surface area (Å²) in [5.41, 5.74) is 2.38. The van der Waals surface area contributed by atoms with E-state index in [0.29, 0.717) is 12.5 Å². The van der Waals surface area contributed by atoms with Gasteiger partial charge in [0.15, 0.2) is 0 Å². The van der Waals surface area contributed by atoms with Crippen molar-refractivity contribution in [1.29, 1.82) is 0 Å². The lowest BCUT2D eigenvalue weighted by Gasteiger charge is -2.14. The molecule has 0 radical (unpaired) electrons. The van der Waals surface area contributed by atoms with Gasteiger partial charge in [0.05, 0.1) is 0 Å². The summed E-state index contributed by atoms with van der Waals surface area (Å²) in [6, 6.07) is 4.99. The summed E-state index contributed by atoms with van der Waals surface area (Å²) in [7, 11) is 4.10. The number of hydrogen-bond acceptors (Lipinski definition) is 4. The fraction of sp³-hybridized carbons (Fsp3) is 0.688. The lowest BCUT2D eigenvalue weighted by atomic mass is 10.1. The topological polar surface area (TPSA) is 37.4 Å². The summed E-state index contributed by atoms with van der Waals surface area (Å²) in [4.78, 5) is 6.72. The predicted molar refractivity (Wildman–Crippen MR) is 82.2 cm³/mol. The Morgan fingerprint density at radius 3 is 2.70 bits per heavy atom. The Hall–Kier alpha value is -1.13. The summed E-state index contributed by atoms with van der Waals surface area (Å²) in [6.45, 7) is 6.84. The van der Waals surface area contributed by atoms with E-state index in [1.54, 1.807) is 0 Å². The second kappa shape index (κ2) is 7.04. The van der Waals surface area contributed by atoms with Gasteiger partial charge in [-0.3, -0.25) is 0 Å². The Kier molecular flexibility index (Phi) is 5.38. The molecule has 0 unspecified atom stereocenters. The third kappa shape index (κ3) is 5.10. The molecule has 0 aliphatic heterocycles. The third-order valence-electron chi connectivity index (χ3n) is 3.43. The van der Waals surface area contributed by atoms with Crippen LogP contribution in [0.15, 0.2) is 12.1 Å². The van der Waals surface area contributed by atoms with E-state index in [0.717, 1.165) is 30.7 Å². The van der Waals surface area contributed by atoms with Gasteiger partial charge in [0.1, 0.15) is 6.61 Å². The van der Waals surface area contributed by atoms with Gasteiger partial charge in [-0.1, -0.05) is 13.8 Å². The van der Waals surface area contributed by atoms with Crippen molar-refractivity contribution in [3.8, 4) is 5.88 Å². The quantitative estimate of drug-likeness (QED) is 0.792. The molecular formula is C16H27N3O. The van der Waals surface area contributed by atoms with Crippen LogP contribution in [0.1, 0.15) is 43.9 Å². The molecule has 4 nitrogen and oxygen atoms in total. The first-order valence-electron chi connectivity index (χ1n) is 7.56. The Balaban J connectivity index is 1.99. The highest BCUT2D eigenvalue weighted by atomic mass is 16.5. The van der Waals surface area contributed by atoms with Gasteiger partial charge in [-0.15, -0.1) is 0 Å². The molecule has 0 bridgehead atoms. The molecule has 1 aliphatic rings. The largest absolute Gasteiger partial charge is 0.476 e. The molecule has 4 heteroatoms. The molecule has 1 saturated carbocycles. The molecular weight excluding hydrogens is 250 g/mol. The summed E-state index contributed by atoms with van der Waals surface area (Å²) in [6.07, 6.45) is 2.63. The molecule has 112 valence electrons. The number of pyridine rings is 1. The number of likely N-dealkylation sites (N-methyl/N-ethyl adjacent to an activating group) is 1. The summed E-state index contributed by atoms with van der Waals surface area (Å²) < 4.78 is 5.79. The van der Waals surface area contributed by atoms with Crippen LogP contribution in [0.25, 0.3) is 0 Å². The first-order chi connectivity index (χ1) is 9.54. The molecule has 0 saturated heterocycles. The van der Waals surface area contributed by atoms with E-state index >= 15 is 0 Å². The molecule has 1 N–H and O–H groups in total. The zero-order valence-electron chi connectivity index (χ0n) is 13.1. The van der Waals surface area contributed by atoms with Crippen LogP contribution in [0.2, 0.25) is 0 Å². The van der Waals surface area contributed by atoms with Crippen molar-refractivity contribution in [1.82, 2.24) is 15.2 Å². The lowest BCUT2D eigenvalue weighted by molar-refractivity contribution is 0.253. The van der Waals surface area contributed by atoms with E-state index in [2.05, 4.69) is 41.2 Å². The van der Waals surface area contributed by atoms with Crippen molar-refractivity contribution in [2.45, 2.75) is 45.2 Å². The third-order valence-corrected chi connectivity index (χ3v) is 3.43. The van der Waals surface area contributed by atoms with Gasteiger partial charge in [-0.25, -0.2) is 4.98 Å². The Morgan fingerprint density at radius 1 is 1.35 bits per heavy atom. The highest BCUT2D eigenvalue weighted by molar-refractivity contribution is 5.27. The van der Waals surface area contributed by atoms with E-state index in [9.17, 15) is 0 Å². The smallest absolute Gasteiger partial charge is 0.213 e. The van der Waals surface area contributed by atoms with Crippen molar-refractivity contribution >= 4 is 0 Å². The van der Waals surface area contributed by atoms with Crippen molar-refractivity contribution in [3.63, 3.8) is 0 Å². The van der Waals surface area contributed by atoms with Crippen LogP contribution in [0.3, 0.4) is 0 Å². The summed E-state index contributed by atoms with van der Waals surface area (Å²) in [5, 5.41) is 3.55. The minimum absolute atomic E-state index is 0.423. The fourth-order valence-corrected chi connectivity index (χ4v) is 1.94. The second-order valence-electron chi connectivity index (χ2n) is 6.20. The van der Waals surface area contributed by atoms with E-state index in [-0.39, 0.29) is 0 Å². The molecule has 20 heavy (non-hydrogen) atoms. The second-order valence-corrected chi connectivity index (χ2v) is 6.20. The first kappa shape index (κ1) is 15.3. The maximum atomic E-state index is 5.79. The minimum Gasteiger partial charge on any atom is -0.476 e. The standard InChI is InChI=1S/C16H27N3O/c1-12(2)15-9-13(11-17-14-5-6-14)10-16(18-15)20-8-7-19(3)4/h9-10,12,14,17H,5-8,11H2,1-4H3. The van der Waals surface area contributed by atoms with E-state index in [1.807, 2.05) is 14.1 Å². The van der Waals surface area contributed by atoms with Crippen molar-refractivity contribution in [2.24, 2.45) is 0 Å². The fourth-order valence-electron chi connectivity index (χ4n) is 1.94. The number of nitrogens with zero attached hydrogens (tertiary/aromatic N) is 2. The molecule has 1 aromatic heterocycles. The number of rotatable bonds is 8. The van der Waals surface area contributed by atoms with Gasteiger partial charge < -0.3 is 15.0 Å². The highest BCUT2D eigenvalue weighted by Crippen LogP contribution is 2.22. The molecule has 0 aromatic carbocycles. The van der Waals surface area contributed by atoms with Crippen LogP contribution in [0.5, 0.6) is 5.88 Å². The van der Waals surface area contributed by atoms with Crippen LogP contribution in [0, 0.1) is 0 Å². The van der Waals surface area contributed by atoms with Gasteiger partial charge in [0.2, 0.25) is 5.88 Å². The molecule has 2 rings (SSSR count). The molecule has 1 heterocycles. The zero-order chi connectivity index (χ0) is 14.5. The lowest BCUT2D eigenvalue weighted by Crippen LogP contribution is -2.20. The molecule has 0 spiro atoms. The number of nitrogens with one attached hydrogen (secondary N) is 1. The van der Waals surface area contributed by atoms with Crippen LogP contribution in [0.4, 0.5) is 0 Å². The van der Waals surface area contributed by atoms with E-state index < -0.39 is 0 Å². The average molecular weight is 277 g/mol. The average Bonchev–Trinajstić information content (AvgIpc) is 3.19. The zero-order valence-corrected chi connectivity index (χ0v) is 13.1. The van der Waals surface area contributed by atoms with Crippen LogP contribution in [-0.4, -0.2) is 43.2 Å². The first-order valence-corrected chi connectivity index (χ1v) is 7.56. The molecule has 1 aromatic rings. The van der Waals surface area contributed by atoms with Crippen molar-refractivity contribution in [3.05, 3.63) is 23.4 Å². The van der Waals surface area contributed by atoms with Gasteiger partial charge in [0.25, 0.3) is 0 Å². The van der Waals surface area contributed by atoms with Crippen LogP contribution < -0.4 is 10.1 Å². The molecule has 0 atom stereocenters. The number of hydrogen-bond donors (Lipinski definition) is 1. The summed E-state index contributed by atoms with van der Waals surface area (Å²) in [5.74, 6) is 1.18. The Labute approximate surface area is 122 Å². The van der Waals surface area contributed by atoms with E-state index in [4.69, 9.17) is 4.74 Å². The van der Waals surface area contributed by atoms with Crippen molar-refractivity contribution in [2.75, 3.05) is 27.2 Å². The van der Waals surface area contributed by atoms with Crippen LogP contribution in [-0.2, 0) is 6.54 Å². The predicted octanol–water partition coefficient (Wildman–Crippen LogP) is 2.40. The Morgan fingerprint density at radius 2 is 2.10 bits per heavy atom. The maximum absolute atomic E-state index is 5.79. The molecule has 1 aliphatic carbocycles. The van der Waals surface area contributed by atoms with Crippen LogP contribution >= 0.6 is 0 Å². The van der Waals surface area contributed by atoms with Gasteiger partial charge in [0, 0.05) is 30.9 Å². The van der Waals surface area contributed by atoms with Gasteiger partial charge in [-0.2, -0.15) is 0 Å². The van der Waals surface area contributed by atoms with Crippen molar-refractivity contribution < 1.29 is 4.74 Å². The van der Waals surface area contributed by atoms with E-state index in [1.165, 1.54) is 18.4 Å². The number of aromatic nitrogens is 1. The SMILES string of the molecule is CC(C)c1cc(CNC2CC2)cc(OCCN(C)C)n1. The molecule has 0 amide bonds. The maximum Gasteiger partial charge on any atom is 0.213 e. The van der Waals surface area contributed by atoms with Gasteiger partial charge >= 0.3 is 0 Å². The summed E-state index contributed by atoms with van der Waals surface area (Å²) >= 11 is 0. The minimum atomic E-state index is 0.423. The van der Waals surface area contributed by atoms with Gasteiger partial charge in [-0.05, 0) is 44.5 Å². The molecule has 1 fully saturated rings. The monoisotopic (exact) mass is 277 g/mol. The normalized spacial score (nSPS) is 15.1.